The Balaban J connectivity index is 1.81. The summed E-state index contributed by atoms with van der Waals surface area (Å²) in [5.74, 6) is -0.124. The van der Waals surface area contributed by atoms with Gasteiger partial charge in [0.15, 0.2) is 0 Å². The molecule has 1 aliphatic heterocycles. The summed E-state index contributed by atoms with van der Waals surface area (Å²) in [6.45, 7) is 1.92. The molecular weight excluding hydrogens is 309 g/mol. The Hall–Kier alpha value is -1.32. The molecule has 3 nitrogen and oxygen atoms in total. The number of carbonyl (C=O) groups is 2. The lowest BCUT2D eigenvalue weighted by atomic mass is 9.71. The summed E-state index contributed by atoms with van der Waals surface area (Å²) in [7, 11) is 0. The van der Waals surface area contributed by atoms with E-state index in [0.29, 0.717) is 15.7 Å². The van der Waals surface area contributed by atoms with Crippen LogP contribution in [0.2, 0.25) is 10.0 Å². The van der Waals surface area contributed by atoms with Crippen molar-refractivity contribution in [1.29, 1.82) is 0 Å². The summed E-state index contributed by atoms with van der Waals surface area (Å²) in [4.78, 5) is 27.0. The molecule has 5 heteroatoms. The minimum Gasteiger partial charge on any atom is -0.274 e. The van der Waals surface area contributed by atoms with Crippen molar-refractivity contribution in [3.63, 3.8) is 0 Å². The lowest BCUT2D eigenvalue weighted by molar-refractivity contribution is -0.127. The van der Waals surface area contributed by atoms with E-state index in [-0.39, 0.29) is 29.6 Å². The first-order valence-corrected chi connectivity index (χ1v) is 7.72. The molecule has 1 aromatic rings. The molecule has 0 aromatic heterocycles. The Morgan fingerprint density at radius 1 is 1.19 bits per heavy atom. The van der Waals surface area contributed by atoms with E-state index >= 15 is 0 Å². The van der Waals surface area contributed by atoms with Crippen molar-refractivity contribution in [3.8, 4) is 0 Å². The molecule has 2 bridgehead atoms. The smallest absolute Gasteiger partial charge is 0.241 e. The Bertz CT molecular complexity index is 714. The van der Waals surface area contributed by atoms with Crippen molar-refractivity contribution in [2.45, 2.75) is 13.3 Å². The van der Waals surface area contributed by atoms with Crippen molar-refractivity contribution in [2.24, 2.45) is 23.2 Å². The number of amides is 2. The van der Waals surface area contributed by atoms with Gasteiger partial charge >= 0.3 is 0 Å². The Labute approximate surface area is 132 Å². The van der Waals surface area contributed by atoms with Gasteiger partial charge in [-0.1, -0.05) is 35.4 Å². The monoisotopic (exact) mass is 321 g/mol. The summed E-state index contributed by atoms with van der Waals surface area (Å²) in [5, 5.41) is 0.755. The number of anilines is 1. The molecule has 0 radical (unpaired) electrons. The molecule has 2 aliphatic carbocycles. The molecule has 3 aliphatic rings. The zero-order chi connectivity index (χ0) is 14.9. The van der Waals surface area contributed by atoms with Gasteiger partial charge in [-0.25, -0.2) is 4.90 Å². The molecule has 0 unspecified atom stereocenters. The number of imide groups is 1. The highest BCUT2D eigenvalue weighted by Gasteiger charge is 2.67. The predicted molar refractivity (Wildman–Crippen MR) is 81.3 cm³/mol. The largest absolute Gasteiger partial charge is 0.274 e. The van der Waals surface area contributed by atoms with Crippen molar-refractivity contribution in [3.05, 3.63) is 40.4 Å². The van der Waals surface area contributed by atoms with Crippen LogP contribution in [0.4, 0.5) is 5.69 Å². The molecule has 0 N–H and O–H groups in total. The van der Waals surface area contributed by atoms with Gasteiger partial charge in [0, 0.05) is 0 Å². The number of hydrogen-bond acceptors (Lipinski definition) is 2. The molecule has 1 heterocycles. The molecule has 2 amide bonds. The van der Waals surface area contributed by atoms with E-state index < -0.39 is 5.41 Å². The molecule has 4 rings (SSSR count). The molecule has 108 valence electrons. The number of allylic oxidation sites excluding steroid dienone is 2. The highest BCUT2D eigenvalue weighted by atomic mass is 35.5. The van der Waals surface area contributed by atoms with Gasteiger partial charge in [0.2, 0.25) is 11.8 Å². The van der Waals surface area contributed by atoms with Crippen LogP contribution in [-0.2, 0) is 9.59 Å². The SMILES string of the molecule is C[C@@]12C(=O)N(c3ccc(Cl)c(Cl)c3)C(=O)[C@@H]1[C@H]1C=C[C@H]2C1. The molecule has 2 fully saturated rings. The third-order valence-corrected chi connectivity index (χ3v) is 6.01. The molecule has 1 saturated heterocycles. The standard InChI is InChI=1S/C16H13Cl2NO2/c1-16-9-3-2-8(6-9)13(16)14(20)19(15(16)21)10-4-5-11(17)12(18)7-10/h2-5,7-9,13H,6H2,1H3/t8-,9-,13-,16-/m0/s1. The van der Waals surface area contributed by atoms with Gasteiger partial charge in [-0.3, -0.25) is 9.59 Å². The summed E-state index contributed by atoms with van der Waals surface area (Å²) in [6.07, 6.45) is 5.08. The van der Waals surface area contributed by atoms with Crippen LogP contribution in [0.25, 0.3) is 0 Å². The highest BCUT2D eigenvalue weighted by molar-refractivity contribution is 6.42. The van der Waals surface area contributed by atoms with Gasteiger partial charge in [-0.05, 0) is 43.4 Å². The maximum absolute atomic E-state index is 12.9. The Morgan fingerprint density at radius 2 is 1.95 bits per heavy atom. The van der Waals surface area contributed by atoms with Crippen molar-refractivity contribution in [1.82, 2.24) is 0 Å². The second-order valence-electron chi connectivity index (χ2n) is 6.23. The van der Waals surface area contributed by atoms with E-state index in [9.17, 15) is 9.59 Å². The predicted octanol–water partition coefficient (Wildman–Crippen LogP) is 3.70. The third kappa shape index (κ3) is 1.51. The summed E-state index contributed by atoms with van der Waals surface area (Å²) in [5.41, 5.74) is -0.0998. The number of rotatable bonds is 1. The van der Waals surface area contributed by atoms with Crippen LogP contribution < -0.4 is 4.90 Å². The fourth-order valence-electron chi connectivity index (χ4n) is 4.17. The second kappa shape index (κ2) is 4.11. The molecule has 21 heavy (non-hydrogen) atoms. The van der Waals surface area contributed by atoms with E-state index in [1.165, 1.54) is 4.90 Å². The summed E-state index contributed by atoms with van der Waals surface area (Å²) >= 11 is 11.9. The van der Waals surface area contributed by atoms with E-state index in [1.807, 2.05) is 6.92 Å². The minimum atomic E-state index is -0.609. The van der Waals surface area contributed by atoms with E-state index in [4.69, 9.17) is 23.2 Å². The van der Waals surface area contributed by atoms with Gasteiger partial charge in [0.1, 0.15) is 0 Å². The van der Waals surface area contributed by atoms with Crippen LogP contribution in [0, 0.1) is 23.2 Å². The first kappa shape index (κ1) is 13.4. The van der Waals surface area contributed by atoms with Crippen LogP contribution in [0.3, 0.4) is 0 Å². The fraction of sp³-hybridized carbons (Fsp3) is 0.375. The van der Waals surface area contributed by atoms with Gasteiger partial charge in [0.05, 0.1) is 27.1 Å². The first-order valence-electron chi connectivity index (χ1n) is 6.96. The number of carbonyl (C=O) groups excluding carboxylic acids is 2. The number of nitrogens with zero attached hydrogens (tertiary/aromatic N) is 1. The number of halogens is 2. The van der Waals surface area contributed by atoms with Gasteiger partial charge < -0.3 is 0 Å². The zero-order valence-electron chi connectivity index (χ0n) is 11.3. The third-order valence-electron chi connectivity index (χ3n) is 5.27. The van der Waals surface area contributed by atoms with Crippen molar-refractivity contribution < 1.29 is 9.59 Å². The normalized spacial score (nSPS) is 36.7. The van der Waals surface area contributed by atoms with E-state index in [1.54, 1.807) is 18.2 Å². The van der Waals surface area contributed by atoms with E-state index in [0.717, 1.165) is 6.42 Å². The molecule has 1 saturated carbocycles. The maximum Gasteiger partial charge on any atom is 0.241 e. The highest BCUT2D eigenvalue weighted by Crippen LogP contribution is 2.60. The lowest BCUT2D eigenvalue weighted by Crippen LogP contribution is -2.37. The number of fused-ring (bicyclic) bond motifs is 5. The summed E-state index contributed by atoms with van der Waals surface area (Å²) in [6, 6.07) is 4.87. The Morgan fingerprint density at radius 3 is 2.62 bits per heavy atom. The van der Waals surface area contributed by atoms with Gasteiger partial charge in [0.25, 0.3) is 0 Å². The van der Waals surface area contributed by atoms with Crippen LogP contribution in [-0.4, -0.2) is 11.8 Å². The summed E-state index contributed by atoms with van der Waals surface area (Å²) < 4.78 is 0. The Kier molecular flexibility index (Phi) is 2.61. The molecule has 1 aromatic carbocycles. The first-order chi connectivity index (χ1) is 9.94. The average Bonchev–Trinajstić information content (AvgIpc) is 3.07. The van der Waals surface area contributed by atoms with Gasteiger partial charge in [-0.2, -0.15) is 0 Å². The molecule has 4 atom stereocenters. The average molecular weight is 322 g/mol. The lowest BCUT2D eigenvalue weighted by Gasteiger charge is -2.28. The van der Waals surface area contributed by atoms with Crippen LogP contribution in [0.1, 0.15) is 13.3 Å². The van der Waals surface area contributed by atoms with Crippen molar-refractivity contribution >= 4 is 40.7 Å². The number of hydrogen-bond donors (Lipinski definition) is 0. The number of benzene rings is 1. The van der Waals surface area contributed by atoms with E-state index in [2.05, 4.69) is 12.2 Å². The minimum absolute atomic E-state index is 0.113. The van der Waals surface area contributed by atoms with Crippen LogP contribution in [0.5, 0.6) is 0 Å². The molecule has 0 spiro atoms. The zero-order valence-corrected chi connectivity index (χ0v) is 12.9. The fourth-order valence-corrected chi connectivity index (χ4v) is 4.47. The maximum atomic E-state index is 12.9. The molecular formula is C16H13Cl2NO2. The van der Waals surface area contributed by atoms with Crippen molar-refractivity contribution in [2.75, 3.05) is 4.90 Å². The van der Waals surface area contributed by atoms with Gasteiger partial charge in [-0.15, -0.1) is 0 Å². The van der Waals surface area contributed by atoms with Crippen LogP contribution in [0.15, 0.2) is 30.4 Å². The second-order valence-corrected chi connectivity index (χ2v) is 7.04. The van der Waals surface area contributed by atoms with Crippen LogP contribution >= 0.6 is 23.2 Å². The topological polar surface area (TPSA) is 37.4 Å². The quantitative estimate of drug-likeness (QED) is 0.584.